The van der Waals surface area contributed by atoms with Gasteiger partial charge in [-0.1, -0.05) is 0 Å². The van der Waals surface area contributed by atoms with Crippen LogP contribution in [0.1, 0.15) is 45.0 Å². The van der Waals surface area contributed by atoms with Gasteiger partial charge in [0.25, 0.3) is 5.91 Å². The highest BCUT2D eigenvalue weighted by Gasteiger charge is 2.20. The average Bonchev–Trinajstić information content (AvgIpc) is 2.37. The SMILES string of the molecule is CCOC(=O)c1ccc(OC(C)C(=O)NC(C)(C)C)cc1. The molecule has 1 atom stereocenters. The lowest BCUT2D eigenvalue weighted by atomic mass is 10.1. The monoisotopic (exact) mass is 293 g/mol. The molecule has 0 aliphatic carbocycles. The molecule has 0 spiro atoms. The molecule has 0 saturated carbocycles. The van der Waals surface area contributed by atoms with Crippen molar-refractivity contribution in [1.82, 2.24) is 5.32 Å². The van der Waals surface area contributed by atoms with Gasteiger partial charge < -0.3 is 14.8 Å². The molecule has 0 bridgehead atoms. The van der Waals surface area contributed by atoms with E-state index in [0.29, 0.717) is 17.9 Å². The van der Waals surface area contributed by atoms with Crippen LogP contribution in [0.15, 0.2) is 24.3 Å². The van der Waals surface area contributed by atoms with Crippen LogP contribution in [-0.4, -0.2) is 30.1 Å². The molecule has 116 valence electrons. The minimum absolute atomic E-state index is 0.183. The van der Waals surface area contributed by atoms with E-state index in [1.54, 1.807) is 38.1 Å². The van der Waals surface area contributed by atoms with Crippen LogP contribution in [0.2, 0.25) is 0 Å². The van der Waals surface area contributed by atoms with Crippen molar-refractivity contribution < 1.29 is 19.1 Å². The Morgan fingerprint density at radius 1 is 1.19 bits per heavy atom. The third-order valence-corrected chi connectivity index (χ3v) is 2.55. The number of esters is 1. The van der Waals surface area contributed by atoms with Crippen LogP contribution in [0.3, 0.4) is 0 Å². The number of nitrogens with one attached hydrogen (secondary N) is 1. The Morgan fingerprint density at radius 2 is 1.76 bits per heavy atom. The number of benzene rings is 1. The van der Waals surface area contributed by atoms with E-state index < -0.39 is 6.10 Å². The molecule has 0 aromatic heterocycles. The van der Waals surface area contributed by atoms with Crippen molar-refractivity contribution >= 4 is 11.9 Å². The van der Waals surface area contributed by atoms with Crippen LogP contribution in [0.25, 0.3) is 0 Å². The lowest BCUT2D eigenvalue weighted by Crippen LogP contribution is -2.46. The molecule has 1 unspecified atom stereocenters. The van der Waals surface area contributed by atoms with E-state index in [9.17, 15) is 9.59 Å². The Balaban J connectivity index is 2.63. The predicted molar refractivity (Wildman–Crippen MR) is 80.4 cm³/mol. The normalized spacial score (nSPS) is 12.4. The topological polar surface area (TPSA) is 64.6 Å². The van der Waals surface area contributed by atoms with E-state index in [4.69, 9.17) is 9.47 Å². The highest BCUT2D eigenvalue weighted by atomic mass is 16.5. The van der Waals surface area contributed by atoms with Crippen molar-refractivity contribution in [3.63, 3.8) is 0 Å². The fourth-order valence-electron chi connectivity index (χ4n) is 1.61. The van der Waals surface area contributed by atoms with Gasteiger partial charge in [0.05, 0.1) is 12.2 Å². The van der Waals surface area contributed by atoms with Gasteiger partial charge in [-0.25, -0.2) is 4.79 Å². The summed E-state index contributed by atoms with van der Waals surface area (Å²) in [5.74, 6) is -0.0286. The fourth-order valence-corrected chi connectivity index (χ4v) is 1.61. The van der Waals surface area contributed by atoms with Crippen LogP contribution in [0, 0.1) is 0 Å². The Labute approximate surface area is 125 Å². The second-order valence-electron chi connectivity index (χ2n) is 5.74. The van der Waals surface area contributed by atoms with Crippen LogP contribution in [0.4, 0.5) is 0 Å². The summed E-state index contributed by atoms with van der Waals surface area (Å²) in [6, 6.07) is 6.52. The number of ether oxygens (including phenoxy) is 2. The molecule has 0 aliphatic rings. The highest BCUT2D eigenvalue weighted by molar-refractivity contribution is 5.89. The molecule has 1 N–H and O–H groups in total. The molecule has 0 radical (unpaired) electrons. The van der Waals surface area contributed by atoms with E-state index in [-0.39, 0.29) is 17.4 Å². The van der Waals surface area contributed by atoms with Crippen LogP contribution < -0.4 is 10.1 Å². The second-order valence-corrected chi connectivity index (χ2v) is 5.74. The first-order valence-electron chi connectivity index (χ1n) is 6.99. The molecule has 1 aromatic carbocycles. The summed E-state index contributed by atoms with van der Waals surface area (Å²) >= 11 is 0. The Kier molecular flexibility index (Phi) is 5.76. The molecule has 0 saturated heterocycles. The minimum atomic E-state index is -0.613. The van der Waals surface area contributed by atoms with Gasteiger partial charge in [0.15, 0.2) is 6.10 Å². The summed E-state index contributed by atoms with van der Waals surface area (Å²) in [4.78, 5) is 23.4. The largest absolute Gasteiger partial charge is 0.481 e. The van der Waals surface area contributed by atoms with Gasteiger partial charge in [0, 0.05) is 5.54 Å². The molecular weight excluding hydrogens is 270 g/mol. The fraction of sp³-hybridized carbons (Fsp3) is 0.500. The maximum atomic E-state index is 11.9. The van der Waals surface area contributed by atoms with Crippen molar-refractivity contribution in [2.24, 2.45) is 0 Å². The molecule has 1 rings (SSSR count). The molecule has 5 nitrogen and oxygen atoms in total. The average molecular weight is 293 g/mol. The summed E-state index contributed by atoms with van der Waals surface area (Å²) in [7, 11) is 0. The van der Waals surface area contributed by atoms with E-state index >= 15 is 0 Å². The molecule has 21 heavy (non-hydrogen) atoms. The van der Waals surface area contributed by atoms with E-state index in [1.807, 2.05) is 20.8 Å². The van der Waals surface area contributed by atoms with Gasteiger partial charge in [-0.3, -0.25) is 4.79 Å². The molecule has 0 aliphatic heterocycles. The standard InChI is InChI=1S/C16H23NO4/c1-6-20-15(19)12-7-9-13(10-8-12)21-11(2)14(18)17-16(3,4)5/h7-11H,6H2,1-5H3,(H,17,18). The number of rotatable bonds is 5. The van der Waals surface area contributed by atoms with Crippen LogP contribution in [0.5, 0.6) is 5.75 Å². The molecular formula is C16H23NO4. The quantitative estimate of drug-likeness (QED) is 0.847. The first-order chi connectivity index (χ1) is 9.73. The summed E-state index contributed by atoms with van der Waals surface area (Å²) in [6.45, 7) is 9.50. The van der Waals surface area contributed by atoms with E-state index in [2.05, 4.69) is 5.32 Å². The van der Waals surface area contributed by atoms with Crippen molar-refractivity contribution in [1.29, 1.82) is 0 Å². The first-order valence-corrected chi connectivity index (χ1v) is 6.99. The molecule has 0 heterocycles. The predicted octanol–water partition coefficient (Wildman–Crippen LogP) is 2.55. The summed E-state index contributed by atoms with van der Waals surface area (Å²) in [6.07, 6.45) is -0.613. The van der Waals surface area contributed by atoms with Crippen LogP contribution >= 0.6 is 0 Å². The maximum Gasteiger partial charge on any atom is 0.338 e. The zero-order chi connectivity index (χ0) is 16.0. The number of carbonyl (C=O) groups excluding carboxylic acids is 2. The summed E-state index contributed by atoms with van der Waals surface area (Å²) < 4.78 is 10.5. The van der Waals surface area contributed by atoms with Gasteiger partial charge in [-0.15, -0.1) is 0 Å². The third kappa shape index (κ3) is 5.85. The lowest BCUT2D eigenvalue weighted by molar-refractivity contribution is -0.128. The van der Waals surface area contributed by atoms with Crippen molar-refractivity contribution in [2.45, 2.75) is 46.3 Å². The van der Waals surface area contributed by atoms with Gasteiger partial charge in [0.1, 0.15) is 5.75 Å². The number of amides is 1. The second kappa shape index (κ2) is 7.11. The first kappa shape index (κ1) is 17.0. The maximum absolute atomic E-state index is 11.9. The summed E-state index contributed by atoms with van der Waals surface area (Å²) in [5, 5.41) is 2.85. The zero-order valence-electron chi connectivity index (χ0n) is 13.2. The zero-order valence-corrected chi connectivity index (χ0v) is 13.2. The van der Waals surface area contributed by atoms with Gasteiger partial charge in [0.2, 0.25) is 0 Å². The van der Waals surface area contributed by atoms with E-state index in [1.165, 1.54) is 0 Å². The van der Waals surface area contributed by atoms with Gasteiger partial charge in [-0.05, 0) is 58.9 Å². The Morgan fingerprint density at radius 3 is 2.24 bits per heavy atom. The van der Waals surface area contributed by atoms with Crippen molar-refractivity contribution in [3.8, 4) is 5.75 Å². The lowest BCUT2D eigenvalue weighted by Gasteiger charge is -2.23. The van der Waals surface area contributed by atoms with Gasteiger partial charge >= 0.3 is 5.97 Å². The van der Waals surface area contributed by atoms with Crippen molar-refractivity contribution in [2.75, 3.05) is 6.61 Å². The van der Waals surface area contributed by atoms with Crippen molar-refractivity contribution in [3.05, 3.63) is 29.8 Å². The highest BCUT2D eigenvalue weighted by Crippen LogP contribution is 2.15. The third-order valence-electron chi connectivity index (χ3n) is 2.55. The Bertz CT molecular complexity index is 488. The molecule has 1 aromatic rings. The van der Waals surface area contributed by atoms with E-state index in [0.717, 1.165) is 0 Å². The smallest absolute Gasteiger partial charge is 0.338 e. The number of carbonyl (C=O) groups is 2. The molecule has 0 fully saturated rings. The molecule has 1 amide bonds. The molecule has 5 heteroatoms. The number of hydrogen-bond acceptors (Lipinski definition) is 4. The van der Waals surface area contributed by atoms with Gasteiger partial charge in [-0.2, -0.15) is 0 Å². The minimum Gasteiger partial charge on any atom is -0.481 e. The Hall–Kier alpha value is -2.04. The number of hydrogen-bond donors (Lipinski definition) is 1. The summed E-state index contributed by atoms with van der Waals surface area (Å²) in [5.41, 5.74) is 0.152. The van der Waals surface area contributed by atoms with Crippen LogP contribution in [-0.2, 0) is 9.53 Å².